The van der Waals surface area contributed by atoms with E-state index in [-0.39, 0.29) is 0 Å². The van der Waals surface area contributed by atoms with Gasteiger partial charge in [-0.2, -0.15) is 10.2 Å². The Hall–Kier alpha value is -2.97. The van der Waals surface area contributed by atoms with Crippen LogP contribution < -0.4 is 10.6 Å². The summed E-state index contributed by atoms with van der Waals surface area (Å²) in [4.78, 5) is 0. The Morgan fingerprint density at radius 2 is 1.74 bits per heavy atom. The minimum absolute atomic E-state index is 0.455. The first-order chi connectivity index (χ1) is 15.0. The molecule has 0 amide bonds. The zero-order valence-corrected chi connectivity index (χ0v) is 19.7. The number of benzene rings is 2. The fourth-order valence-electron chi connectivity index (χ4n) is 3.19. The second-order valence-corrected chi connectivity index (χ2v) is 8.70. The van der Waals surface area contributed by atoms with Gasteiger partial charge in [-0.1, -0.05) is 54.1 Å². The van der Waals surface area contributed by atoms with E-state index < -0.39 is 0 Å². The lowest BCUT2D eigenvalue weighted by Crippen LogP contribution is -2.19. The highest BCUT2D eigenvalue weighted by atomic mass is 79.9. The summed E-state index contributed by atoms with van der Waals surface area (Å²) in [6, 6.07) is 16.7. The van der Waals surface area contributed by atoms with Crippen LogP contribution in [0.5, 0.6) is 0 Å². The molecule has 8 heteroatoms. The lowest BCUT2D eigenvalue weighted by atomic mass is 10.1. The van der Waals surface area contributed by atoms with Crippen LogP contribution in [0.1, 0.15) is 22.3 Å². The zero-order valence-electron chi connectivity index (χ0n) is 17.3. The number of aryl methyl sites for hydroxylation is 2. The molecule has 2 N–H and O–H groups in total. The number of rotatable bonds is 6. The third-order valence-corrected chi connectivity index (χ3v) is 5.68. The summed E-state index contributed by atoms with van der Waals surface area (Å²) in [6.07, 6.45) is 5.63. The number of anilines is 2. The molecular weight excluding hydrogens is 472 g/mol. The summed E-state index contributed by atoms with van der Waals surface area (Å²) in [5.74, 6) is 0.664. The van der Waals surface area contributed by atoms with Crippen LogP contribution in [-0.4, -0.2) is 24.7 Å². The molecule has 0 fully saturated rings. The average molecular weight is 495 g/mol. The van der Waals surface area contributed by atoms with E-state index >= 15 is 0 Å². The van der Waals surface area contributed by atoms with Gasteiger partial charge in [0, 0.05) is 12.4 Å². The fourth-order valence-corrected chi connectivity index (χ4v) is 3.82. The van der Waals surface area contributed by atoms with Gasteiger partial charge in [-0.25, -0.2) is 0 Å². The summed E-state index contributed by atoms with van der Waals surface area (Å²) < 4.78 is 4.61. The van der Waals surface area contributed by atoms with Crippen LogP contribution in [0, 0.1) is 13.8 Å². The average Bonchev–Trinajstić information content (AvgIpc) is 3.31. The number of hydrogen-bond acceptors (Lipinski definition) is 3. The van der Waals surface area contributed by atoms with Gasteiger partial charge in [0.1, 0.15) is 0 Å². The number of nitrogens with zero attached hydrogens (tertiary/aromatic N) is 4. The summed E-state index contributed by atoms with van der Waals surface area (Å²) in [7, 11) is 0. The second-order valence-electron chi connectivity index (χ2n) is 7.44. The van der Waals surface area contributed by atoms with Crippen molar-refractivity contribution in [3.8, 4) is 0 Å². The molecule has 0 aliphatic rings. The van der Waals surface area contributed by atoms with Crippen molar-refractivity contribution in [2.45, 2.75) is 26.9 Å². The van der Waals surface area contributed by atoms with Gasteiger partial charge in [-0.15, -0.1) is 0 Å². The van der Waals surface area contributed by atoms with Gasteiger partial charge < -0.3 is 10.6 Å². The number of thiocarbonyl (C=S) groups is 1. The predicted molar refractivity (Wildman–Crippen MR) is 133 cm³/mol. The van der Waals surface area contributed by atoms with Crippen LogP contribution in [-0.2, 0) is 13.1 Å². The first-order valence-corrected chi connectivity index (χ1v) is 11.1. The first-order valence-electron chi connectivity index (χ1n) is 9.90. The van der Waals surface area contributed by atoms with E-state index in [1.807, 2.05) is 33.9 Å². The maximum Gasteiger partial charge on any atom is 0.176 e. The van der Waals surface area contributed by atoms with Crippen molar-refractivity contribution >= 4 is 44.8 Å². The van der Waals surface area contributed by atoms with Crippen LogP contribution in [0.25, 0.3) is 0 Å². The molecule has 158 valence electrons. The Labute approximate surface area is 195 Å². The largest absolute Gasteiger partial charge is 0.330 e. The van der Waals surface area contributed by atoms with Gasteiger partial charge in [-0.3, -0.25) is 9.36 Å². The normalized spacial score (nSPS) is 10.8. The molecule has 0 saturated carbocycles. The Bertz CT molecular complexity index is 1200. The molecule has 0 atom stereocenters. The molecule has 0 aliphatic heterocycles. The van der Waals surface area contributed by atoms with Crippen LogP contribution in [0.2, 0.25) is 0 Å². The van der Waals surface area contributed by atoms with Crippen molar-refractivity contribution < 1.29 is 0 Å². The van der Waals surface area contributed by atoms with E-state index in [1.165, 1.54) is 22.3 Å². The number of halogens is 1. The van der Waals surface area contributed by atoms with E-state index in [0.29, 0.717) is 24.0 Å². The molecule has 31 heavy (non-hydrogen) atoms. The summed E-state index contributed by atoms with van der Waals surface area (Å²) in [6.45, 7) is 5.58. The maximum absolute atomic E-state index is 5.46. The molecule has 0 radical (unpaired) electrons. The molecule has 0 unspecified atom stereocenters. The fraction of sp³-hybridized carbons (Fsp3) is 0.174. The monoisotopic (exact) mass is 494 g/mol. The highest BCUT2D eigenvalue weighted by Crippen LogP contribution is 2.21. The minimum Gasteiger partial charge on any atom is -0.330 e. The van der Waals surface area contributed by atoms with Crippen molar-refractivity contribution in [3.63, 3.8) is 0 Å². The molecule has 4 rings (SSSR count). The Balaban J connectivity index is 1.36. The van der Waals surface area contributed by atoms with Crippen LogP contribution in [0.15, 0.2) is 71.6 Å². The van der Waals surface area contributed by atoms with E-state index in [1.54, 1.807) is 6.20 Å². The third kappa shape index (κ3) is 5.59. The molecule has 0 aliphatic carbocycles. The van der Waals surface area contributed by atoms with Crippen LogP contribution in [0.3, 0.4) is 0 Å². The molecule has 0 bridgehead atoms. The van der Waals surface area contributed by atoms with Gasteiger partial charge in [0.2, 0.25) is 0 Å². The highest BCUT2D eigenvalue weighted by Gasteiger charge is 2.10. The second kappa shape index (κ2) is 9.45. The lowest BCUT2D eigenvalue weighted by molar-refractivity contribution is 0.684. The first kappa shape index (κ1) is 21.3. The molecular formula is C23H23BrN6S. The molecule has 2 aromatic heterocycles. The molecule has 0 saturated heterocycles. The van der Waals surface area contributed by atoms with Crippen molar-refractivity contribution in [1.82, 2.24) is 19.6 Å². The van der Waals surface area contributed by atoms with E-state index in [9.17, 15) is 0 Å². The van der Waals surface area contributed by atoms with E-state index in [0.717, 1.165) is 10.2 Å². The summed E-state index contributed by atoms with van der Waals surface area (Å²) in [5.41, 5.74) is 5.73. The number of hydrogen-bond donors (Lipinski definition) is 2. The molecule has 0 spiro atoms. The topological polar surface area (TPSA) is 59.7 Å². The van der Waals surface area contributed by atoms with Crippen molar-refractivity contribution in [1.29, 1.82) is 0 Å². The maximum atomic E-state index is 5.46. The van der Waals surface area contributed by atoms with Crippen molar-refractivity contribution in [3.05, 3.63) is 93.8 Å². The summed E-state index contributed by atoms with van der Waals surface area (Å²) in [5, 5.41) is 15.8. The van der Waals surface area contributed by atoms with Crippen molar-refractivity contribution in [2.75, 3.05) is 10.6 Å². The van der Waals surface area contributed by atoms with Gasteiger partial charge in [0.15, 0.2) is 10.9 Å². The third-order valence-electron chi connectivity index (χ3n) is 4.90. The number of aromatic nitrogens is 4. The highest BCUT2D eigenvalue weighted by molar-refractivity contribution is 9.10. The lowest BCUT2D eigenvalue weighted by Gasteiger charge is -2.07. The Morgan fingerprint density at radius 3 is 2.52 bits per heavy atom. The smallest absolute Gasteiger partial charge is 0.176 e. The Kier molecular flexibility index (Phi) is 6.48. The predicted octanol–water partition coefficient (Wildman–Crippen LogP) is 5.36. The van der Waals surface area contributed by atoms with Crippen LogP contribution in [0.4, 0.5) is 11.5 Å². The quantitative estimate of drug-likeness (QED) is 0.353. The van der Waals surface area contributed by atoms with E-state index in [4.69, 9.17) is 12.2 Å². The van der Waals surface area contributed by atoms with Gasteiger partial charge in [0.25, 0.3) is 0 Å². The van der Waals surface area contributed by atoms with Crippen LogP contribution >= 0.6 is 28.1 Å². The van der Waals surface area contributed by atoms with Gasteiger partial charge >= 0.3 is 0 Å². The van der Waals surface area contributed by atoms with Gasteiger partial charge in [0.05, 0.1) is 29.4 Å². The van der Waals surface area contributed by atoms with Gasteiger partial charge in [-0.05, 0) is 58.7 Å². The molecule has 4 aromatic rings. The molecule has 6 nitrogen and oxygen atoms in total. The summed E-state index contributed by atoms with van der Waals surface area (Å²) >= 11 is 9.02. The molecule has 2 aromatic carbocycles. The number of nitrogens with one attached hydrogen (secondary N) is 2. The SMILES string of the molecule is Cc1ccc(Cn2cc(Br)c(NC(=S)Nc3cnn(Cc4ccccc4C)c3)n2)cc1. The van der Waals surface area contributed by atoms with E-state index in [2.05, 4.69) is 87.0 Å². The standard InChI is InChI=1S/C23H23BrN6S/c1-16-7-9-18(10-8-16)12-30-15-21(24)22(28-30)27-23(31)26-20-11-25-29(14-20)13-19-6-4-3-5-17(19)2/h3-11,14-15H,12-13H2,1-2H3,(H2,26,27,28,31). The Morgan fingerprint density at radius 1 is 0.968 bits per heavy atom. The molecule has 2 heterocycles. The zero-order chi connectivity index (χ0) is 21.8. The van der Waals surface area contributed by atoms with Crippen molar-refractivity contribution in [2.24, 2.45) is 0 Å². The minimum atomic E-state index is 0.455.